The minimum absolute atomic E-state index is 0.0700. The number of nitrogens with two attached hydrogens (primary N) is 1. The second-order valence-corrected chi connectivity index (χ2v) is 10.9. The molecule has 39 heavy (non-hydrogen) atoms. The van der Waals surface area contributed by atoms with Gasteiger partial charge < -0.3 is 21.3 Å². The second-order valence-electron chi connectivity index (χ2n) is 9.78. The Balaban J connectivity index is 1.22. The van der Waals surface area contributed by atoms with Crippen LogP contribution in [0.5, 0.6) is 0 Å². The number of likely N-dealkylation sites (tertiary alicyclic amines) is 1. The third-order valence-electron chi connectivity index (χ3n) is 6.82. The first-order valence-corrected chi connectivity index (χ1v) is 13.5. The Hall–Kier alpha value is -4.05. The Morgan fingerprint density at radius 3 is 2.41 bits per heavy atom. The van der Waals surface area contributed by atoms with E-state index in [2.05, 4.69) is 40.7 Å². The molecule has 0 saturated carbocycles. The van der Waals surface area contributed by atoms with Crippen molar-refractivity contribution in [3.8, 4) is 11.1 Å². The Kier molecular flexibility index (Phi) is 7.47. The third-order valence-corrected chi connectivity index (χ3v) is 8.11. The SMILES string of the molecule is Cc1cc(-c2ccc(C(=O)N3CCC(F)(F)CC3)cc2)cc2cc(CNC(=O)NCc3ccc(N)nc3)sc12. The van der Waals surface area contributed by atoms with Crippen molar-refractivity contribution in [3.05, 3.63) is 82.4 Å². The summed E-state index contributed by atoms with van der Waals surface area (Å²) in [5.74, 6) is -2.46. The van der Waals surface area contributed by atoms with E-state index in [1.807, 2.05) is 18.2 Å². The summed E-state index contributed by atoms with van der Waals surface area (Å²) in [7, 11) is 0. The maximum Gasteiger partial charge on any atom is 0.315 e. The topological polar surface area (TPSA) is 100 Å². The molecule has 0 radical (unpaired) electrons. The summed E-state index contributed by atoms with van der Waals surface area (Å²) in [5, 5.41) is 6.79. The molecule has 10 heteroatoms. The van der Waals surface area contributed by atoms with Gasteiger partial charge in [0.1, 0.15) is 5.82 Å². The molecule has 0 unspecified atom stereocenters. The van der Waals surface area contributed by atoms with Crippen LogP contribution in [-0.2, 0) is 13.1 Å². The van der Waals surface area contributed by atoms with E-state index in [4.69, 9.17) is 5.73 Å². The van der Waals surface area contributed by atoms with Gasteiger partial charge >= 0.3 is 6.03 Å². The highest BCUT2D eigenvalue weighted by molar-refractivity contribution is 7.19. The minimum atomic E-state index is -2.68. The van der Waals surface area contributed by atoms with Crippen LogP contribution in [0.1, 0.15) is 39.2 Å². The number of amides is 3. The van der Waals surface area contributed by atoms with Crippen molar-refractivity contribution in [3.63, 3.8) is 0 Å². The van der Waals surface area contributed by atoms with Crippen LogP contribution in [0.4, 0.5) is 19.4 Å². The number of rotatable bonds is 6. The predicted molar refractivity (Wildman–Crippen MR) is 150 cm³/mol. The number of pyridine rings is 1. The van der Waals surface area contributed by atoms with Gasteiger partial charge in [0.15, 0.2) is 0 Å². The predicted octanol–water partition coefficient (Wildman–Crippen LogP) is 5.72. The number of aryl methyl sites for hydroxylation is 1. The smallest absolute Gasteiger partial charge is 0.315 e. The molecule has 3 amide bonds. The van der Waals surface area contributed by atoms with Crippen LogP contribution in [0.3, 0.4) is 0 Å². The number of halogens is 2. The largest absolute Gasteiger partial charge is 0.384 e. The number of urea groups is 1. The van der Waals surface area contributed by atoms with Crippen molar-refractivity contribution >= 4 is 39.2 Å². The number of carbonyl (C=O) groups is 2. The van der Waals surface area contributed by atoms with E-state index < -0.39 is 5.92 Å². The molecule has 0 spiro atoms. The normalized spacial score (nSPS) is 14.8. The number of nitrogen functional groups attached to an aromatic ring is 1. The van der Waals surface area contributed by atoms with Gasteiger partial charge in [-0.25, -0.2) is 18.6 Å². The van der Waals surface area contributed by atoms with Crippen molar-refractivity contribution < 1.29 is 18.4 Å². The molecule has 0 aliphatic carbocycles. The fraction of sp³-hybridized carbons (Fsp3) is 0.276. The number of nitrogens with zero attached hydrogens (tertiary/aromatic N) is 2. The summed E-state index contributed by atoms with van der Waals surface area (Å²) in [6, 6.07) is 16.8. The highest BCUT2D eigenvalue weighted by Crippen LogP contribution is 2.34. The van der Waals surface area contributed by atoms with Crippen molar-refractivity contribution in [2.45, 2.75) is 38.8 Å². The van der Waals surface area contributed by atoms with Gasteiger partial charge in [0, 0.05) is 53.8 Å². The summed E-state index contributed by atoms with van der Waals surface area (Å²) in [4.78, 5) is 31.6. The first-order chi connectivity index (χ1) is 18.7. The van der Waals surface area contributed by atoms with Crippen LogP contribution in [-0.4, -0.2) is 40.8 Å². The number of carbonyl (C=O) groups excluding carboxylic acids is 2. The maximum absolute atomic E-state index is 13.4. The molecule has 0 bridgehead atoms. The van der Waals surface area contributed by atoms with Gasteiger partial charge in [0.05, 0.1) is 6.54 Å². The zero-order valence-electron chi connectivity index (χ0n) is 21.5. The summed E-state index contributed by atoms with van der Waals surface area (Å²) in [6.07, 6.45) is 1.05. The van der Waals surface area contributed by atoms with Crippen molar-refractivity contribution in [2.24, 2.45) is 0 Å². The van der Waals surface area contributed by atoms with Gasteiger partial charge in [-0.15, -0.1) is 11.3 Å². The lowest BCUT2D eigenvalue weighted by Gasteiger charge is -2.31. The Bertz CT molecular complexity index is 1490. The van der Waals surface area contributed by atoms with E-state index in [0.717, 1.165) is 37.2 Å². The van der Waals surface area contributed by atoms with Crippen LogP contribution in [0, 0.1) is 6.92 Å². The highest BCUT2D eigenvalue weighted by atomic mass is 32.1. The molecule has 7 nitrogen and oxygen atoms in total. The number of nitrogens with one attached hydrogen (secondary N) is 2. The molecule has 1 aliphatic rings. The molecule has 4 N–H and O–H groups in total. The molecule has 0 atom stereocenters. The molecule has 2 aromatic heterocycles. The maximum atomic E-state index is 13.4. The van der Waals surface area contributed by atoms with Gasteiger partial charge in [0.25, 0.3) is 11.8 Å². The number of aromatic nitrogens is 1. The molecular formula is C29H29F2N5O2S. The van der Waals surface area contributed by atoms with Crippen LogP contribution < -0.4 is 16.4 Å². The molecular weight excluding hydrogens is 520 g/mol. The number of fused-ring (bicyclic) bond motifs is 1. The van der Waals surface area contributed by atoms with E-state index in [0.29, 0.717) is 24.5 Å². The number of alkyl halides is 2. The second kappa shape index (κ2) is 11.0. The molecule has 202 valence electrons. The summed E-state index contributed by atoms with van der Waals surface area (Å²) in [5.41, 5.74) is 10.0. The Morgan fingerprint density at radius 1 is 1.00 bits per heavy atom. The fourth-order valence-electron chi connectivity index (χ4n) is 4.61. The number of piperidine rings is 1. The van der Waals surface area contributed by atoms with E-state index in [9.17, 15) is 18.4 Å². The third kappa shape index (κ3) is 6.34. The Labute approximate surface area is 229 Å². The lowest BCUT2D eigenvalue weighted by molar-refractivity contribution is -0.0494. The van der Waals surface area contributed by atoms with E-state index in [1.54, 1.807) is 35.7 Å². The highest BCUT2D eigenvalue weighted by Gasteiger charge is 2.35. The first-order valence-electron chi connectivity index (χ1n) is 12.7. The molecule has 5 rings (SSSR count). The first kappa shape index (κ1) is 26.6. The van der Waals surface area contributed by atoms with Crippen molar-refractivity contribution in [1.82, 2.24) is 20.5 Å². The number of benzene rings is 2. The van der Waals surface area contributed by atoms with Gasteiger partial charge in [-0.1, -0.05) is 18.2 Å². The van der Waals surface area contributed by atoms with E-state index in [1.165, 1.54) is 4.90 Å². The van der Waals surface area contributed by atoms with Gasteiger partial charge in [-0.05, 0) is 71.0 Å². The van der Waals surface area contributed by atoms with Gasteiger partial charge in [-0.3, -0.25) is 4.79 Å². The van der Waals surface area contributed by atoms with Crippen molar-refractivity contribution in [1.29, 1.82) is 0 Å². The lowest BCUT2D eigenvalue weighted by atomic mass is 9.99. The average Bonchev–Trinajstić information content (AvgIpc) is 3.35. The minimum Gasteiger partial charge on any atom is -0.384 e. The monoisotopic (exact) mass is 549 g/mol. The summed E-state index contributed by atoms with van der Waals surface area (Å²) in [6.45, 7) is 2.95. The Morgan fingerprint density at radius 2 is 1.72 bits per heavy atom. The van der Waals surface area contributed by atoms with Gasteiger partial charge in [-0.2, -0.15) is 0 Å². The molecule has 3 heterocycles. The number of thiophene rings is 1. The van der Waals surface area contributed by atoms with E-state index in [-0.39, 0.29) is 37.9 Å². The van der Waals surface area contributed by atoms with Crippen LogP contribution in [0.25, 0.3) is 21.2 Å². The van der Waals surface area contributed by atoms with Crippen LogP contribution in [0.2, 0.25) is 0 Å². The number of anilines is 1. The molecule has 1 saturated heterocycles. The van der Waals surface area contributed by atoms with Crippen molar-refractivity contribution in [2.75, 3.05) is 18.8 Å². The fourth-order valence-corrected chi connectivity index (χ4v) is 5.66. The molecule has 2 aromatic carbocycles. The lowest BCUT2D eigenvalue weighted by Crippen LogP contribution is -2.42. The number of hydrogen-bond acceptors (Lipinski definition) is 5. The quantitative estimate of drug-likeness (QED) is 0.286. The van der Waals surface area contributed by atoms with Gasteiger partial charge in [0.2, 0.25) is 0 Å². The molecule has 4 aromatic rings. The summed E-state index contributed by atoms with van der Waals surface area (Å²) < 4.78 is 28.0. The molecule has 1 aliphatic heterocycles. The van der Waals surface area contributed by atoms with E-state index >= 15 is 0 Å². The molecule has 1 fully saturated rings. The van der Waals surface area contributed by atoms with Crippen LogP contribution in [0.15, 0.2) is 60.8 Å². The number of hydrogen-bond donors (Lipinski definition) is 3. The zero-order chi connectivity index (χ0) is 27.6. The average molecular weight is 550 g/mol. The van der Waals surface area contributed by atoms with Crippen LogP contribution >= 0.6 is 11.3 Å². The standard InChI is InChI=1S/C29H29F2N5O2S/c1-18-12-22(20-3-5-21(6-4-20)27(37)36-10-8-29(30,31)9-11-36)13-23-14-24(39-26(18)23)17-35-28(38)34-16-19-2-7-25(32)33-15-19/h2-7,12-15H,8-11,16-17H2,1H3,(H2,32,33)(H2,34,35,38). The zero-order valence-corrected chi connectivity index (χ0v) is 22.3. The summed E-state index contributed by atoms with van der Waals surface area (Å²) >= 11 is 1.64.